The van der Waals surface area contributed by atoms with Gasteiger partial charge in [-0.25, -0.2) is 4.98 Å². The summed E-state index contributed by atoms with van der Waals surface area (Å²) in [5.74, 6) is -1.28. The Morgan fingerprint density at radius 3 is 2.67 bits per heavy atom. The van der Waals surface area contributed by atoms with Crippen LogP contribution in [0.3, 0.4) is 0 Å². The molecule has 0 saturated heterocycles. The van der Waals surface area contributed by atoms with Gasteiger partial charge in [0.1, 0.15) is 5.01 Å². The number of benzene rings is 1. The second kappa shape index (κ2) is 7.54. The average Bonchev–Trinajstić information content (AvgIpc) is 2.86. The van der Waals surface area contributed by atoms with Crippen molar-refractivity contribution in [3.05, 3.63) is 52.0 Å². The maximum atomic E-state index is 11.8. The smallest absolute Gasteiger partial charge is 0.226 e. The average molecular weight is 303 g/mol. The van der Waals surface area contributed by atoms with E-state index >= 15 is 0 Å². The fourth-order valence-corrected chi connectivity index (χ4v) is 2.64. The van der Waals surface area contributed by atoms with Gasteiger partial charge < -0.3 is 15.2 Å². The molecule has 0 spiro atoms. The van der Waals surface area contributed by atoms with E-state index in [4.69, 9.17) is 0 Å². The van der Waals surface area contributed by atoms with E-state index in [0.29, 0.717) is 17.2 Å². The minimum atomic E-state index is -1.17. The molecule has 0 radical (unpaired) electrons. The summed E-state index contributed by atoms with van der Waals surface area (Å²) in [6.07, 6.45) is 0.735. The molecule has 2 rings (SSSR count). The van der Waals surface area contributed by atoms with Gasteiger partial charge in [-0.1, -0.05) is 30.3 Å². The Labute approximate surface area is 126 Å². The Morgan fingerprint density at radius 2 is 1.95 bits per heavy atom. The molecule has 1 heterocycles. The molecule has 0 aliphatic heterocycles. The van der Waals surface area contributed by atoms with Crippen LogP contribution in [0.15, 0.2) is 35.7 Å². The molecule has 2 aromatic rings. The molecule has 0 aliphatic rings. The summed E-state index contributed by atoms with van der Waals surface area (Å²) in [7, 11) is 0. The number of hydrogen-bond donors (Lipinski definition) is 1. The van der Waals surface area contributed by atoms with Crippen LogP contribution < -0.4 is 10.4 Å². The first-order valence-corrected chi connectivity index (χ1v) is 7.45. The Bertz CT molecular complexity index is 610. The quantitative estimate of drug-likeness (QED) is 0.799. The molecule has 0 atom stereocenters. The first-order chi connectivity index (χ1) is 10.1. The summed E-state index contributed by atoms with van der Waals surface area (Å²) >= 11 is 1.29. The molecular weight excluding hydrogens is 288 g/mol. The Balaban J connectivity index is 1.74. The lowest BCUT2D eigenvalue weighted by Crippen LogP contribution is -2.27. The van der Waals surface area contributed by atoms with Gasteiger partial charge in [-0.15, -0.1) is 11.3 Å². The van der Waals surface area contributed by atoms with Crippen LogP contribution in [0, 0.1) is 0 Å². The summed E-state index contributed by atoms with van der Waals surface area (Å²) in [6, 6.07) is 9.91. The van der Waals surface area contributed by atoms with E-state index in [1.165, 1.54) is 16.9 Å². The number of nitrogens with one attached hydrogen (secondary N) is 1. The highest BCUT2D eigenvalue weighted by atomic mass is 32.1. The summed E-state index contributed by atoms with van der Waals surface area (Å²) in [4.78, 5) is 26.3. The van der Waals surface area contributed by atoms with Gasteiger partial charge in [-0.3, -0.25) is 4.79 Å². The number of hydrogen-bond acceptors (Lipinski definition) is 5. The lowest BCUT2D eigenvalue weighted by atomic mass is 10.1. The van der Waals surface area contributed by atoms with Crippen molar-refractivity contribution in [1.29, 1.82) is 0 Å². The number of carboxylic acids is 1. The highest BCUT2D eigenvalue weighted by molar-refractivity contribution is 7.09. The van der Waals surface area contributed by atoms with E-state index in [9.17, 15) is 14.7 Å². The third kappa shape index (κ3) is 5.35. The molecule has 0 aliphatic carbocycles. The molecule has 1 aromatic carbocycles. The standard InChI is InChI=1S/C15H16N2O3S/c18-13(16-7-6-11-4-2-1-3-5-11)9-14-17-12(10-21-14)8-15(19)20/h1-5,10H,6-9H2,(H,16,18)(H,19,20)/p-1. The molecule has 0 bridgehead atoms. The number of rotatable bonds is 7. The topological polar surface area (TPSA) is 82.1 Å². The summed E-state index contributed by atoms with van der Waals surface area (Å²) < 4.78 is 0. The SMILES string of the molecule is O=C([O-])Cc1csc(CC(=O)NCCc2ccccc2)n1. The summed E-state index contributed by atoms with van der Waals surface area (Å²) in [5.41, 5.74) is 1.61. The van der Waals surface area contributed by atoms with E-state index in [0.717, 1.165) is 6.42 Å². The Kier molecular flexibility index (Phi) is 5.45. The summed E-state index contributed by atoms with van der Waals surface area (Å²) in [6.45, 7) is 0.570. The monoisotopic (exact) mass is 303 g/mol. The molecule has 1 amide bonds. The second-order valence-electron chi connectivity index (χ2n) is 4.54. The van der Waals surface area contributed by atoms with Crippen LogP contribution in [0.4, 0.5) is 0 Å². The largest absolute Gasteiger partial charge is 0.550 e. The molecule has 21 heavy (non-hydrogen) atoms. The minimum absolute atomic E-state index is 0.111. The lowest BCUT2D eigenvalue weighted by Gasteiger charge is -2.04. The van der Waals surface area contributed by atoms with Crippen molar-refractivity contribution in [2.45, 2.75) is 19.3 Å². The van der Waals surface area contributed by atoms with Gasteiger partial charge in [0.25, 0.3) is 0 Å². The van der Waals surface area contributed by atoms with Gasteiger partial charge in [0.05, 0.1) is 12.1 Å². The van der Waals surface area contributed by atoms with Crippen LogP contribution in [0.2, 0.25) is 0 Å². The zero-order valence-corrected chi connectivity index (χ0v) is 12.2. The number of aliphatic carboxylic acids is 1. The number of nitrogens with zero attached hydrogens (tertiary/aromatic N) is 1. The van der Waals surface area contributed by atoms with E-state index in [-0.39, 0.29) is 18.7 Å². The Morgan fingerprint density at radius 1 is 1.19 bits per heavy atom. The van der Waals surface area contributed by atoms with Crippen LogP contribution >= 0.6 is 11.3 Å². The van der Waals surface area contributed by atoms with Gasteiger partial charge in [0, 0.05) is 24.3 Å². The molecule has 6 heteroatoms. The van der Waals surface area contributed by atoms with Crippen molar-refractivity contribution in [1.82, 2.24) is 10.3 Å². The van der Waals surface area contributed by atoms with Crippen molar-refractivity contribution < 1.29 is 14.7 Å². The predicted molar refractivity (Wildman–Crippen MR) is 77.7 cm³/mol. The second-order valence-corrected chi connectivity index (χ2v) is 5.49. The number of carbonyl (C=O) groups is 2. The number of carbonyl (C=O) groups excluding carboxylic acids is 2. The first kappa shape index (κ1) is 15.2. The molecular formula is C15H15N2O3S-. The predicted octanol–water partition coefficient (Wildman–Crippen LogP) is 0.337. The van der Waals surface area contributed by atoms with Crippen LogP contribution in [0.1, 0.15) is 16.3 Å². The van der Waals surface area contributed by atoms with Crippen LogP contribution in [-0.4, -0.2) is 23.4 Å². The van der Waals surface area contributed by atoms with Crippen molar-refractivity contribution in [2.24, 2.45) is 0 Å². The fraction of sp³-hybridized carbons (Fsp3) is 0.267. The van der Waals surface area contributed by atoms with Gasteiger partial charge in [-0.2, -0.15) is 0 Å². The highest BCUT2D eigenvalue weighted by Crippen LogP contribution is 2.10. The maximum Gasteiger partial charge on any atom is 0.226 e. The van der Waals surface area contributed by atoms with E-state index in [1.807, 2.05) is 30.3 Å². The third-order valence-corrected chi connectivity index (χ3v) is 3.71. The zero-order chi connectivity index (χ0) is 15.1. The van der Waals surface area contributed by atoms with Crippen molar-refractivity contribution in [2.75, 3.05) is 6.54 Å². The molecule has 110 valence electrons. The third-order valence-electron chi connectivity index (χ3n) is 2.82. The zero-order valence-electron chi connectivity index (χ0n) is 11.4. The summed E-state index contributed by atoms with van der Waals surface area (Å²) in [5, 5.41) is 15.5. The number of aromatic nitrogens is 1. The van der Waals surface area contributed by atoms with E-state index in [2.05, 4.69) is 10.3 Å². The van der Waals surface area contributed by atoms with Gasteiger partial charge >= 0.3 is 0 Å². The number of amides is 1. The molecule has 0 unspecified atom stereocenters. The van der Waals surface area contributed by atoms with E-state index < -0.39 is 5.97 Å². The van der Waals surface area contributed by atoms with Crippen molar-refractivity contribution >= 4 is 23.2 Å². The van der Waals surface area contributed by atoms with Gasteiger partial charge in [-0.05, 0) is 12.0 Å². The number of carboxylic acid groups (broad SMARTS) is 1. The van der Waals surface area contributed by atoms with Crippen LogP contribution in [-0.2, 0) is 28.9 Å². The van der Waals surface area contributed by atoms with Gasteiger partial charge in [0.15, 0.2) is 0 Å². The van der Waals surface area contributed by atoms with Crippen molar-refractivity contribution in [3.8, 4) is 0 Å². The maximum absolute atomic E-state index is 11.8. The lowest BCUT2D eigenvalue weighted by molar-refractivity contribution is -0.304. The number of thiazole rings is 1. The van der Waals surface area contributed by atoms with E-state index in [1.54, 1.807) is 5.38 Å². The molecule has 1 aromatic heterocycles. The highest BCUT2D eigenvalue weighted by Gasteiger charge is 2.07. The normalized spacial score (nSPS) is 10.3. The van der Waals surface area contributed by atoms with Crippen molar-refractivity contribution in [3.63, 3.8) is 0 Å². The Hall–Kier alpha value is -2.21. The molecule has 0 saturated carbocycles. The minimum Gasteiger partial charge on any atom is -0.550 e. The fourth-order valence-electron chi connectivity index (χ4n) is 1.85. The molecule has 5 nitrogen and oxygen atoms in total. The molecule has 0 fully saturated rings. The molecule has 1 N–H and O–H groups in total. The van der Waals surface area contributed by atoms with Gasteiger partial charge in [0.2, 0.25) is 5.91 Å². The van der Waals surface area contributed by atoms with Crippen LogP contribution in [0.5, 0.6) is 0 Å². The first-order valence-electron chi connectivity index (χ1n) is 6.57. The van der Waals surface area contributed by atoms with Crippen LogP contribution in [0.25, 0.3) is 0 Å².